The lowest BCUT2D eigenvalue weighted by molar-refractivity contribution is 0.168. The third kappa shape index (κ3) is 3.91. The van der Waals surface area contributed by atoms with Crippen LogP contribution in [0, 0.1) is 5.92 Å². The molecule has 18 heavy (non-hydrogen) atoms. The average molecular weight is 278 g/mol. The van der Waals surface area contributed by atoms with Gasteiger partial charge in [0.15, 0.2) is 0 Å². The van der Waals surface area contributed by atoms with Crippen molar-refractivity contribution in [1.82, 2.24) is 9.03 Å². The zero-order valence-electron chi connectivity index (χ0n) is 11.6. The van der Waals surface area contributed by atoms with Crippen LogP contribution in [0.15, 0.2) is 0 Å². The van der Waals surface area contributed by atoms with E-state index in [0.717, 1.165) is 25.7 Å². The molecule has 2 N–H and O–H groups in total. The summed E-state index contributed by atoms with van der Waals surface area (Å²) in [5, 5.41) is 9.06. The summed E-state index contributed by atoms with van der Waals surface area (Å²) in [5.74, 6) is 0.250. The Morgan fingerprint density at radius 1 is 1.28 bits per heavy atom. The molecule has 0 radical (unpaired) electrons. The molecule has 0 amide bonds. The van der Waals surface area contributed by atoms with E-state index < -0.39 is 10.2 Å². The molecule has 0 unspecified atom stereocenters. The first kappa shape index (κ1) is 15.9. The third-order valence-electron chi connectivity index (χ3n) is 4.11. The van der Waals surface area contributed by atoms with Crippen molar-refractivity contribution in [2.75, 3.05) is 19.7 Å². The fourth-order valence-corrected chi connectivity index (χ4v) is 3.83. The van der Waals surface area contributed by atoms with Crippen molar-refractivity contribution in [3.05, 3.63) is 0 Å². The molecule has 1 aliphatic heterocycles. The molecule has 0 aliphatic carbocycles. The van der Waals surface area contributed by atoms with Gasteiger partial charge in [-0.05, 0) is 38.5 Å². The Morgan fingerprint density at radius 3 is 2.17 bits per heavy atom. The minimum Gasteiger partial charge on any atom is -0.396 e. The molecule has 108 valence electrons. The maximum atomic E-state index is 12.3. The van der Waals surface area contributed by atoms with Crippen LogP contribution in [0.3, 0.4) is 0 Å². The summed E-state index contributed by atoms with van der Waals surface area (Å²) in [6.07, 6.45) is 3.03. The number of rotatable bonds is 6. The quantitative estimate of drug-likeness (QED) is 0.764. The molecule has 1 heterocycles. The van der Waals surface area contributed by atoms with Gasteiger partial charge in [-0.25, -0.2) is 0 Å². The van der Waals surface area contributed by atoms with Crippen LogP contribution < -0.4 is 4.72 Å². The van der Waals surface area contributed by atoms with Crippen LogP contribution in [-0.2, 0) is 10.2 Å². The lowest BCUT2D eigenvalue weighted by Crippen LogP contribution is -2.53. The number of hydrogen-bond donors (Lipinski definition) is 2. The Bertz CT molecular complexity index is 344. The summed E-state index contributed by atoms with van der Waals surface area (Å²) in [6, 6.07) is 0. The predicted octanol–water partition coefficient (Wildman–Crippen LogP) is 1.10. The Balaban J connectivity index is 2.65. The Kier molecular flexibility index (Phi) is 5.58. The van der Waals surface area contributed by atoms with E-state index >= 15 is 0 Å². The zero-order valence-corrected chi connectivity index (χ0v) is 12.5. The smallest absolute Gasteiger partial charge is 0.279 e. The lowest BCUT2D eigenvalue weighted by Gasteiger charge is -2.35. The molecule has 1 rings (SSSR count). The zero-order chi connectivity index (χ0) is 13.8. The number of hydrogen-bond acceptors (Lipinski definition) is 3. The molecule has 0 aromatic carbocycles. The van der Waals surface area contributed by atoms with Gasteiger partial charge in [-0.1, -0.05) is 13.8 Å². The number of piperidine rings is 1. The predicted molar refractivity (Wildman–Crippen MR) is 72.4 cm³/mol. The maximum absolute atomic E-state index is 12.3. The summed E-state index contributed by atoms with van der Waals surface area (Å²) in [6.45, 7) is 7.08. The van der Waals surface area contributed by atoms with E-state index in [0.29, 0.717) is 13.1 Å². The molecule has 6 heteroatoms. The van der Waals surface area contributed by atoms with Gasteiger partial charge in [0.05, 0.1) is 0 Å². The summed E-state index contributed by atoms with van der Waals surface area (Å²) in [4.78, 5) is 0. The topological polar surface area (TPSA) is 69.6 Å². The van der Waals surface area contributed by atoms with Gasteiger partial charge in [0.2, 0.25) is 0 Å². The standard InChI is InChI=1S/C12H26N2O3S/c1-4-12(3,5-2)13-18(16,17)14-8-6-11(10-15)7-9-14/h11,13,15H,4-10H2,1-3H3. The van der Waals surface area contributed by atoms with E-state index in [4.69, 9.17) is 5.11 Å². The average Bonchev–Trinajstić information content (AvgIpc) is 2.38. The highest BCUT2D eigenvalue weighted by Gasteiger charge is 2.32. The van der Waals surface area contributed by atoms with E-state index in [1.165, 1.54) is 4.31 Å². The molecule has 0 bridgehead atoms. The molecule has 0 aromatic heterocycles. The van der Waals surface area contributed by atoms with Gasteiger partial charge in [0.1, 0.15) is 0 Å². The SMILES string of the molecule is CCC(C)(CC)NS(=O)(=O)N1CCC(CO)CC1. The minimum absolute atomic E-state index is 0.156. The Hall–Kier alpha value is -0.170. The lowest BCUT2D eigenvalue weighted by atomic mass is 9.98. The number of nitrogens with one attached hydrogen (secondary N) is 1. The highest BCUT2D eigenvalue weighted by Crippen LogP contribution is 2.21. The third-order valence-corrected chi connectivity index (χ3v) is 5.90. The van der Waals surface area contributed by atoms with E-state index in [9.17, 15) is 8.42 Å². The number of aliphatic hydroxyl groups excluding tert-OH is 1. The van der Waals surface area contributed by atoms with Crippen molar-refractivity contribution < 1.29 is 13.5 Å². The molecular weight excluding hydrogens is 252 g/mol. The van der Waals surface area contributed by atoms with Gasteiger partial charge >= 0.3 is 0 Å². The highest BCUT2D eigenvalue weighted by molar-refractivity contribution is 7.87. The van der Waals surface area contributed by atoms with Gasteiger partial charge < -0.3 is 5.11 Å². The van der Waals surface area contributed by atoms with Crippen LogP contribution in [0.4, 0.5) is 0 Å². The molecule has 0 saturated carbocycles. The first-order valence-corrected chi connectivity index (χ1v) is 8.20. The van der Waals surface area contributed by atoms with Crippen molar-refractivity contribution in [2.45, 2.75) is 52.0 Å². The van der Waals surface area contributed by atoms with Gasteiger partial charge in [0, 0.05) is 25.2 Å². The van der Waals surface area contributed by atoms with Crippen LogP contribution in [0.5, 0.6) is 0 Å². The van der Waals surface area contributed by atoms with E-state index in [1.807, 2.05) is 20.8 Å². The fourth-order valence-electron chi connectivity index (χ4n) is 2.10. The molecule has 1 aliphatic rings. The first-order chi connectivity index (χ1) is 8.37. The molecule has 1 fully saturated rings. The Labute approximate surface area is 111 Å². The fraction of sp³-hybridized carbons (Fsp3) is 1.00. The number of nitrogens with zero attached hydrogens (tertiary/aromatic N) is 1. The molecule has 1 saturated heterocycles. The maximum Gasteiger partial charge on any atom is 0.279 e. The van der Waals surface area contributed by atoms with Crippen molar-refractivity contribution >= 4 is 10.2 Å². The molecule has 5 nitrogen and oxygen atoms in total. The summed E-state index contributed by atoms with van der Waals surface area (Å²) in [5.41, 5.74) is -0.368. The number of aliphatic hydroxyl groups is 1. The molecule has 0 aromatic rings. The Morgan fingerprint density at radius 2 is 1.78 bits per heavy atom. The second-order valence-corrected chi connectivity index (χ2v) is 7.07. The van der Waals surface area contributed by atoms with Crippen molar-refractivity contribution in [3.8, 4) is 0 Å². The van der Waals surface area contributed by atoms with Crippen molar-refractivity contribution in [3.63, 3.8) is 0 Å². The van der Waals surface area contributed by atoms with Crippen LogP contribution in [0.25, 0.3) is 0 Å². The second-order valence-electron chi connectivity index (χ2n) is 5.40. The highest BCUT2D eigenvalue weighted by atomic mass is 32.2. The summed E-state index contributed by atoms with van der Waals surface area (Å²) >= 11 is 0. The largest absolute Gasteiger partial charge is 0.396 e. The van der Waals surface area contributed by atoms with Crippen molar-refractivity contribution in [2.24, 2.45) is 5.92 Å². The van der Waals surface area contributed by atoms with Crippen molar-refractivity contribution in [1.29, 1.82) is 0 Å². The van der Waals surface area contributed by atoms with Crippen LogP contribution >= 0.6 is 0 Å². The van der Waals surface area contributed by atoms with E-state index in [2.05, 4.69) is 4.72 Å². The summed E-state index contributed by atoms with van der Waals surface area (Å²) in [7, 11) is -3.40. The first-order valence-electron chi connectivity index (χ1n) is 6.76. The van der Waals surface area contributed by atoms with E-state index in [-0.39, 0.29) is 18.1 Å². The van der Waals surface area contributed by atoms with Gasteiger partial charge in [0.25, 0.3) is 10.2 Å². The molecule has 0 atom stereocenters. The second kappa shape index (κ2) is 6.32. The van der Waals surface area contributed by atoms with Gasteiger partial charge in [-0.15, -0.1) is 0 Å². The van der Waals surface area contributed by atoms with E-state index in [1.54, 1.807) is 0 Å². The van der Waals surface area contributed by atoms with Crippen LogP contribution in [0.1, 0.15) is 46.5 Å². The molecular formula is C12H26N2O3S. The summed E-state index contributed by atoms with van der Waals surface area (Å²) < 4.78 is 28.8. The van der Waals surface area contributed by atoms with Gasteiger partial charge in [-0.3, -0.25) is 0 Å². The minimum atomic E-state index is -3.40. The molecule has 0 spiro atoms. The van der Waals surface area contributed by atoms with Crippen LogP contribution in [0.2, 0.25) is 0 Å². The normalized spacial score (nSPS) is 20.2. The van der Waals surface area contributed by atoms with Crippen LogP contribution in [-0.4, -0.2) is 43.1 Å². The monoisotopic (exact) mass is 278 g/mol. The van der Waals surface area contributed by atoms with Gasteiger partial charge in [-0.2, -0.15) is 17.4 Å².